The van der Waals surface area contributed by atoms with Crippen molar-refractivity contribution in [3.8, 4) is 0 Å². The fourth-order valence-electron chi connectivity index (χ4n) is 4.63. The summed E-state index contributed by atoms with van der Waals surface area (Å²) >= 11 is 0. The topological polar surface area (TPSA) is 29.4 Å². The van der Waals surface area contributed by atoms with Gasteiger partial charge < -0.3 is 0 Å². The van der Waals surface area contributed by atoms with Gasteiger partial charge in [-0.15, -0.1) is 0 Å². The van der Waals surface area contributed by atoms with E-state index in [1.807, 2.05) is 24.3 Å². The average molecular weight is 319 g/mol. The maximum atomic E-state index is 12.4. The Morgan fingerprint density at radius 2 is 1.72 bits per heavy atom. The number of carbonyl (C=O) groups is 1. The first kappa shape index (κ1) is 13.1. The van der Waals surface area contributed by atoms with Crippen molar-refractivity contribution in [2.75, 3.05) is 0 Å². The molecule has 2 nitrogen and oxygen atoms in total. The predicted molar refractivity (Wildman–Crippen MR) is 99.4 cm³/mol. The van der Waals surface area contributed by atoms with E-state index in [-0.39, 0.29) is 11.2 Å². The molecule has 0 amide bonds. The lowest BCUT2D eigenvalue weighted by molar-refractivity contribution is 0.104. The van der Waals surface area contributed by atoms with Crippen molar-refractivity contribution in [2.45, 2.75) is 5.41 Å². The van der Waals surface area contributed by atoms with Crippen LogP contribution in [0.1, 0.15) is 27.0 Å². The fraction of sp³-hybridized carbons (Fsp3) is 0.0435. The molecule has 1 heterocycles. The molecule has 4 aliphatic rings. The molecule has 6 rings (SSSR count). The molecule has 3 aliphatic carbocycles. The summed E-state index contributed by atoms with van der Waals surface area (Å²) in [6.45, 7) is 0. The van der Waals surface area contributed by atoms with E-state index in [2.05, 4.69) is 48.6 Å². The maximum Gasteiger partial charge on any atom is 0.186 e. The van der Waals surface area contributed by atoms with Gasteiger partial charge in [-0.25, -0.2) is 0 Å². The minimum absolute atomic E-state index is 0.0696. The van der Waals surface area contributed by atoms with Gasteiger partial charge in [-0.05, 0) is 28.9 Å². The van der Waals surface area contributed by atoms with E-state index in [4.69, 9.17) is 4.99 Å². The number of nitrogens with zero attached hydrogens (tertiary/aromatic N) is 1. The molecule has 2 aromatic carbocycles. The third-order valence-corrected chi connectivity index (χ3v) is 5.63. The van der Waals surface area contributed by atoms with Crippen LogP contribution in [0, 0.1) is 0 Å². The molecule has 1 aliphatic heterocycles. The molecule has 1 unspecified atom stereocenters. The van der Waals surface area contributed by atoms with Crippen LogP contribution in [0.5, 0.6) is 0 Å². The summed E-state index contributed by atoms with van der Waals surface area (Å²) in [7, 11) is 0. The third kappa shape index (κ3) is 1.38. The van der Waals surface area contributed by atoms with Crippen LogP contribution in [0.3, 0.4) is 0 Å². The lowest BCUT2D eigenvalue weighted by Crippen LogP contribution is -2.39. The van der Waals surface area contributed by atoms with Gasteiger partial charge in [0, 0.05) is 16.7 Å². The molecule has 25 heavy (non-hydrogen) atoms. The summed E-state index contributed by atoms with van der Waals surface area (Å²) < 4.78 is 0. The van der Waals surface area contributed by atoms with Crippen molar-refractivity contribution in [1.82, 2.24) is 0 Å². The second kappa shape index (κ2) is 4.22. The summed E-state index contributed by atoms with van der Waals surface area (Å²) in [4.78, 5) is 17.4. The Labute approximate surface area is 145 Å². The number of hydrogen-bond donors (Lipinski definition) is 0. The highest BCUT2D eigenvalue weighted by atomic mass is 16.1. The first-order valence-corrected chi connectivity index (χ1v) is 8.46. The Morgan fingerprint density at radius 3 is 2.68 bits per heavy atom. The number of benzene rings is 2. The first-order chi connectivity index (χ1) is 12.3. The summed E-state index contributed by atoms with van der Waals surface area (Å²) in [6, 6.07) is 14.3. The van der Waals surface area contributed by atoms with Crippen molar-refractivity contribution in [3.05, 3.63) is 107 Å². The number of rotatable bonds is 0. The predicted octanol–water partition coefficient (Wildman–Crippen LogP) is 4.70. The lowest BCUT2D eigenvalue weighted by Gasteiger charge is -2.39. The van der Waals surface area contributed by atoms with Crippen LogP contribution in [0.4, 0.5) is 5.69 Å². The highest BCUT2D eigenvalue weighted by Gasteiger charge is 2.50. The Hall–Kier alpha value is -3.26. The van der Waals surface area contributed by atoms with Crippen molar-refractivity contribution in [3.63, 3.8) is 0 Å². The van der Waals surface area contributed by atoms with E-state index in [0.29, 0.717) is 0 Å². The van der Waals surface area contributed by atoms with Gasteiger partial charge in [-0.2, -0.15) is 0 Å². The van der Waals surface area contributed by atoms with Crippen LogP contribution in [0.15, 0.2) is 89.5 Å². The maximum absolute atomic E-state index is 12.4. The van der Waals surface area contributed by atoms with Crippen LogP contribution in [0.25, 0.3) is 5.57 Å². The second-order valence-electron chi connectivity index (χ2n) is 6.76. The van der Waals surface area contributed by atoms with Crippen molar-refractivity contribution >= 4 is 22.8 Å². The minimum Gasteiger partial charge on any atom is -0.289 e. The van der Waals surface area contributed by atoms with Crippen LogP contribution in [0.2, 0.25) is 0 Å². The Balaban J connectivity index is 1.84. The minimum atomic E-state index is -0.350. The van der Waals surface area contributed by atoms with E-state index in [1.165, 1.54) is 11.1 Å². The van der Waals surface area contributed by atoms with E-state index in [0.717, 1.165) is 33.7 Å². The molecule has 0 N–H and O–H groups in total. The molecule has 1 spiro atoms. The first-order valence-electron chi connectivity index (χ1n) is 8.46. The van der Waals surface area contributed by atoms with Crippen molar-refractivity contribution < 1.29 is 4.79 Å². The number of ketones is 1. The van der Waals surface area contributed by atoms with Gasteiger partial charge in [0.1, 0.15) is 0 Å². The number of fused-ring (bicyclic) bond motifs is 2. The third-order valence-electron chi connectivity index (χ3n) is 5.63. The fourth-order valence-corrected chi connectivity index (χ4v) is 4.63. The van der Waals surface area contributed by atoms with Crippen LogP contribution in [-0.2, 0) is 5.41 Å². The lowest BCUT2D eigenvalue weighted by atomic mass is 9.61. The van der Waals surface area contributed by atoms with Gasteiger partial charge in [0.15, 0.2) is 5.78 Å². The smallest absolute Gasteiger partial charge is 0.186 e. The molecule has 0 aromatic heterocycles. The molecule has 1 atom stereocenters. The zero-order chi connectivity index (χ0) is 16.6. The van der Waals surface area contributed by atoms with Gasteiger partial charge >= 0.3 is 0 Å². The molecule has 2 heteroatoms. The quantitative estimate of drug-likeness (QED) is 0.692. The van der Waals surface area contributed by atoms with Gasteiger partial charge in [-0.1, -0.05) is 66.8 Å². The van der Waals surface area contributed by atoms with Gasteiger partial charge in [-0.3, -0.25) is 9.79 Å². The normalized spacial score (nSPS) is 23.8. The number of para-hydroxylation sites is 1. The highest BCUT2D eigenvalue weighted by molar-refractivity contribution is 6.26. The summed E-state index contributed by atoms with van der Waals surface area (Å²) in [5, 5.41) is 0. The molecule has 0 radical (unpaired) electrons. The number of hydrogen-bond acceptors (Lipinski definition) is 2. The Kier molecular flexibility index (Phi) is 2.21. The monoisotopic (exact) mass is 319 g/mol. The van der Waals surface area contributed by atoms with Gasteiger partial charge in [0.05, 0.1) is 16.8 Å². The van der Waals surface area contributed by atoms with E-state index in [9.17, 15) is 4.79 Å². The summed E-state index contributed by atoms with van der Waals surface area (Å²) in [5.41, 5.74) is 8.15. The van der Waals surface area contributed by atoms with Crippen molar-refractivity contribution in [1.29, 1.82) is 0 Å². The van der Waals surface area contributed by atoms with Crippen LogP contribution < -0.4 is 0 Å². The largest absolute Gasteiger partial charge is 0.289 e. The Bertz CT molecular complexity index is 1160. The second-order valence-corrected chi connectivity index (χ2v) is 6.76. The van der Waals surface area contributed by atoms with E-state index >= 15 is 0 Å². The summed E-state index contributed by atoms with van der Waals surface area (Å²) in [5.74, 6) is 0.0696. The molecule has 0 saturated carbocycles. The number of aliphatic imine (C=N–C) groups is 1. The molecular formula is C23H13NO. The van der Waals surface area contributed by atoms with Gasteiger partial charge in [0.2, 0.25) is 0 Å². The molecule has 116 valence electrons. The molecule has 0 saturated heterocycles. The SMILES string of the molecule is O=C1C=CC2=C3C=CC=CC34C(=Nc3ccccc34)c3cccc1c32. The number of allylic oxidation sites excluding steroid dienone is 8. The molecule has 0 bridgehead atoms. The van der Waals surface area contributed by atoms with Gasteiger partial charge in [0.25, 0.3) is 0 Å². The zero-order valence-electron chi connectivity index (χ0n) is 13.4. The molecular weight excluding hydrogens is 306 g/mol. The zero-order valence-corrected chi connectivity index (χ0v) is 13.4. The highest BCUT2D eigenvalue weighted by Crippen LogP contribution is 2.55. The van der Waals surface area contributed by atoms with Crippen LogP contribution in [-0.4, -0.2) is 11.5 Å². The standard InChI is InChI=1S/C23H13NO/c25-20-12-11-14-17-8-3-4-13-23(17)18-9-1-2-10-19(18)24-22(23)16-7-5-6-15(20)21(14)16/h1-13H. The molecule has 0 fully saturated rings. The van der Waals surface area contributed by atoms with Crippen molar-refractivity contribution in [2.24, 2.45) is 4.99 Å². The van der Waals surface area contributed by atoms with Crippen LogP contribution >= 0.6 is 0 Å². The van der Waals surface area contributed by atoms with E-state index in [1.54, 1.807) is 6.08 Å². The summed E-state index contributed by atoms with van der Waals surface area (Å²) in [6.07, 6.45) is 12.3. The molecule has 2 aromatic rings. The number of carbonyl (C=O) groups excluding carboxylic acids is 1. The van der Waals surface area contributed by atoms with E-state index < -0.39 is 0 Å². The Morgan fingerprint density at radius 1 is 0.840 bits per heavy atom. The average Bonchev–Trinajstić information content (AvgIpc) is 2.99.